The molecular weight excluding hydrogens is 256 g/mol. The molecule has 0 saturated heterocycles. The summed E-state index contributed by atoms with van der Waals surface area (Å²) < 4.78 is 29.9. The zero-order valence-corrected chi connectivity index (χ0v) is 9.68. The van der Waals surface area contributed by atoms with Crippen molar-refractivity contribution in [2.24, 2.45) is 0 Å². The highest BCUT2D eigenvalue weighted by atomic mass is 35.5. The van der Waals surface area contributed by atoms with Crippen LogP contribution in [0.2, 0.25) is 5.15 Å². The summed E-state index contributed by atoms with van der Waals surface area (Å²) in [7, 11) is 0. The van der Waals surface area contributed by atoms with Gasteiger partial charge in [-0.25, -0.2) is 8.78 Å². The normalized spacial score (nSPS) is 10.6. The van der Waals surface area contributed by atoms with E-state index in [2.05, 4.69) is 4.74 Å². The van der Waals surface area contributed by atoms with Crippen LogP contribution in [0.25, 0.3) is 0 Å². The van der Waals surface area contributed by atoms with Gasteiger partial charge in [-0.3, -0.25) is 9.59 Å². The highest BCUT2D eigenvalue weighted by Crippen LogP contribution is 2.21. The van der Waals surface area contributed by atoms with E-state index < -0.39 is 29.9 Å². The maximum atomic E-state index is 12.6. The summed E-state index contributed by atoms with van der Waals surface area (Å²) in [6.07, 6.45) is -3.38. The predicted octanol–water partition coefficient (Wildman–Crippen LogP) is 2.07. The van der Waals surface area contributed by atoms with Crippen LogP contribution in [-0.4, -0.2) is 17.6 Å². The van der Waals surface area contributed by atoms with Crippen LogP contribution in [0.4, 0.5) is 8.78 Å². The molecule has 0 radical (unpaired) electrons. The number of alkyl halides is 2. The van der Waals surface area contributed by atoms with Gasteiger partial charge in [0.15, 0.2) is 0 Å². The molecule has 0 bridgehead atoms. The molecule has 0 aliphatic heterocycles. The van der Waals surface area contributed by atoms with Crippen molar-refractivity contribution in [1.82, 2.24) is 4.98 Å². The Morgan fingerprint density at radius 3 is 2.76 bits per heavy atom. The van der Waals surface area contributed by atoms with E-state index >= 15 is 0 Å². The quantitative estimate of drug-likeness (QED) is 0.670. The van der Waals surface area contributed by atoms with Crippen LogP contribution in [0, 0.1) is 0 Å². The third-order valence-corrected chi connectivity index (χ3v) is 2.19. The number of ether oxygens (including phenoxy) is 1. The van der Waals surface area contributed by atoms with Crippen molar-refractivity contribution < 1.29 is 18.3 Å². The van der Waals surface area contributed by atoms with Crippen molar-refractivity contribution in [3.63, 3.8) is 0 Å². The standard InChI is InChI=1S/C10H10ClF2NO3/c1-2-17-7(15)4-5-3-6(11)14-10(16)8(5)9(12)13/h3,9H,2,4H2,1H3,(H,14,16). The number of pyridine rings is 1. The van der Waals surface area contributed by atoms with E-state index in [1.807, 2.05) is 4.98 Å². The Morgan fingerprint density at radius 2 is 2.24 bits per heavy atom. The Kier molecular flexibility index (Phi) is 4.62. The lowest BCUT2D eigenvalue weighted by Gasteiger charge is -2.08. The van der Waals surface area contributed by atoms with Crippen LogP contribution in [-0.2, 0) is 16.0 Å². The van der Waals surface area contributed by atoms with Gasteiger partial charge in [0.2, 0.25) is 0 Å². The number of hydrogen-bond acceptors (Lipinski definition) is 3. The second-order valence-corrected chi connectivity index (χ2v) is 3.58. The van der Waals surface area contributed by atoms with Crippen LogP contribution < -0.4 is 5.56 Å². The van der Waals surface area contributed by atoms with E-state index in [4.69, 9.17) is 11.6 Å². The van der Waals surface area contributed by atoms with Crippen LogP contribution in [0.1, 0.15) is 24.5 Å². The van der Waals surface area contributed by atoms with E-state index in [-0.39, 0.29) is 17.3 Å². The molecule has 0 unspecified atom stereocenters. The molecular formula is C10H10ClF2NO3. The highest BCUT2D eigenvalue weighted by Gasteiger charge is 2.20. The summed E-state index contributed by atoms with van der Waals surface area (Å²) in [6, 6.07) is 1.13. The molecule has 17 heavy (non-hydrogen) atoms. The lowest BCUT2D eigenvalue weighted by Crippen LogP contribution is -2.19. The van der Waals surface area contributed by atoms with Gasteiger partial charge < -0.3 is 9.72 Å². The van der Waals surface area contributed by atoms with Gasteiger partial charge in [-0.15, -0.1) is 0 Å². The monoisotopic (exact) mass is 265 g/mol. The van der Waals surface area contributed by atoms with E-state index in [0.717, 1.165) is 6.07 Å². The third kappa shape index (κ3) is 3.52. The molecule has 0 spiro atoms. The van der Waals surface area contributed by atoms with E-state index in [1.165, 1.54) is 0 Å². The van der Waals surface area contributed by atoms with Crippen molar-refractivity contribution in [2.75, 3.05) is 6.61 Å². The van der Waals surface area contributed by atoms with Crippen LogP contribution >= 0.6 is 11.6 Å². The number of hydrogen-bond donors (Lipinski definition) is 1. The van der Waals surface area contributed by atoms with Gasteiger partial charge in [-0.1, -0.05) is 11.6 Å². The average molecular weight is 266 g/mol. The van der Waals surface area contributed by atoms with Gasteiger partial charge in [-0.2, -0.15) is 0 Å². The predicted molar refractivity (Wildman–Crippen MR) is 57.4 cm³/mol. The van der Waals surface area contributed by atoms with Gasteiger partial charge in [-0.05, 0) is 18.6 Å². The number of aromatic nitrogens is 1. The van der Waals surface area contributed by atoms with Crippen molar-refractivity contribution in [1.29, 1.82) is 0 Å². The lowest BCUT2D eigenvalue weighted by atomic mass is 10.1. The first-order valence-electron chi connectivity index (χ1n) is 4.81. The largest absolute Gasteiger partial charge is 0.466 e. The Hall–Kier alpha value is -1.43. The van der Waals surface area contributed by atoms with Crippen LogP contribution in [0.5, 0.6) is 0 Å². The summed E-state index contributed by atoms with van der Waals surface area (Å²) in [5, 5.41) is -0.0984. The van der Waals surface area contributed by atoms with Crippen molar-refractivity contribution in [3.05, 3.63) is 32.7 Å². The summed E-state index contributed by atoms with van der Waals surface area (Å²) in [6.45, 7) is 1.73. The average Bonchev–Trinajstić information content (AvgIpc) is 2.15. The molecule has 1 N–H and O–H groups in total. The SMILES string of the molecule is CCOC(=O)Cc1cc(Cl)[nH]c(=O)c1C(F)F. The first kappa shape index (κ1) is 13.6. The van der Waals surface area contributed by atoms with Crippen molar-refractivity contribution in [3.8, 4) is 0 Å². The Balaban J connectivity index is 3.12. The van der Waals surface area contributed by atoms with Crippen LogP contribution in [0.3, 0.4) is 0 Å². The topological polar surface area (TPSA) is 59.2 Å². The minimum absolute atomic E-state index is 0.0984. The minimum Gasteiger partial charge on any atom is -0.466 e. The maximum Gasteiger partial charge on any atom is 0.310 e. The molecule has 0 aromatic carbocycles. The van der Waals surface area contributed by atoms with E-state index in [9.17, 15) is 18.4 Å². The second kappa shape index (κ2) is 5.77. The maximum absolute atomic E-state index is 12.6. The number of rotatable bonds is 4. The summed E-state index contributed by atoms with van der Waals surface area (Å²) >= 11 is 5.53. The number of aromatic amines is 1. The molecule has 0 atom stereocenters. The zero-order valence-electron chi connectivity index (χ0n) is 8.93. The first-order valence-corrected chi connectivity index (χ1v) is 5.18. The fraction of sp³-hybridized carbons (Fsp3) is 0.400. The molecule has 94 valence electrons. The second-order valence-electron chi connectivity index (χ2n) is 3.17. The Morgan fingerprint density at radius 1 is 1.59 bits per heavy atom. The number of H-pyrrole nitrogens is 1. The van der Waals surface area contributed by atoms with Crippen LogP contribution in [0.15, 0.2) is 10.9 Å². The molecule has 4 nitrogen and oxygen atoms in total. The molecule has 1 rings (SSSR count). The minimum atomic E-state index is -2.97. The van der Waals surface area contributed by atoms with Gasteiger partial charge in [0, 0.05) is 0 Å². The number of carbonyl (C=O) groups excluding carboxylic acids is 1. The summed E-state index contributed by atoms with van der Waals surface area (Å²) in [5.41, 5.74) is -1.86. The van der Waals surface area contributed by atoms with E-state index in [0.29, 0.717) is 0 Å². The molecule has 0 saturated carbocycles. The third-order valence-electron chi connectivity index (χ3n) is 1.98. The molecule has 7 heteroatoms. The van der Waals surface area contributed by atoms with Gasteiger partial charge >= 0.3 is 5.97 Å². The smallest absolute Gasteiger partial charge is 0.310 e. The fourth-order valence-electron chi connectivity index (χ4n) is 1.34. The Bertz CT molecular complexity index is 473. The number of halogens is 3. The van der Waals surface area contributed by atoms with Crippen molar-refractivity contribution >= 4 is 17.6 Å². The molecule has 1 aromatic rings. The first-order chi connectivity index (χ1) is 7.95. The Labute approximate surface area is 101 Å². The fourth-order valence-corrected chi connectivity index (χ4v) is 1.56. The molecule has 1 heterocycles. The van der Waals surface area contributed by atoms with Gasteiger partial charge in [0.05, 0.1) is 18.6 Å². The molecule has 1 aromatic heterocycles. The van der Waals surface area contributed by atoms with E-state index in [1.54, 1.807) is 6.92 Å². The highest BCUT2D eigenvalue weighted by molar-refractivity contribution is 6.29. The van der Waals surface area contributed by atoms with Gasteiger partial charge in [0.1, 0.15) is 5.15 Å². The molecule has 0 fully saturated rings. The number of carbonyl (C=O) groups is 1. The summed E-state index contributed by atoms with van der Waals surface area (Å²) in [4.78, 5) is 24.5. The zero-order chi connectivity index (χ0) is 13.0. The number of nitrogens with one attached hydrogen (secondary N) is 1. The van der Waals surface area contributed by atoms with Crippen molar-refractivity contribution in [2.45, 2.75) is 19.8 Å². The summed E-state index contributed by atoms with van der Waals surface area (Å²) in [5.74, 6) is -0.684. The van der Waals surface area contributed by atoms with Gasteiger partial charge in [0.25, 0.3) is 12.0 Å². The lowest BCUT2D eigenvalue weighted by molar-refractivity contribution is -0.142. The number of esters is 1. The molecule has 0 aliphatic rings. The molecule has 0 aliphatic carbocycles. The molecule has 0 amide bonds.